The van der Waals surface area contributed by atoms with E-state index in [2.05, 4.69) is 20.2 Å². The molecule has 0 bridgehead atoms. The molecule has 0 unspecified atom stereocenters. The summed E-state index contributed by atoms with van der Waals surface area (Å²) >= 11 is 0. The molecule has 0 spiro atoms. The number of nitrogens with two attached hydrogens (primary N) is 2. The summed E-state index contributed by atoms with van der Waals surface area (Å²) in [5.41, 5.74) is 9.70. The molecule has 0 saturated carbocycles. The van der Waals surface area contributed by atoms with Gasteiger partial charge in [0.15, 0.2) is 0 Å². The van der Waals surface area contributed by atoms with Crippen LogP contribution in [0.5, 0.6) is 0 Å². The maximum absolute atomic E-state index is 11.7. The van der Waals surface area contributed by atoms with E-state index in [1.54, 1.807) is 18.6 Å². The van der Waals surface area contributed by atoms with Crippen molar-refractivity contribution in [1.82, 2.24) is 20.2 Å². The average molecular weight is 366 g/mol. The van der Waals surface area contributed by atoms with Gasteiger partial charge in [-0.15, -0.1) is 0 Å². The fraction of sp³-hybridized carbons (Fsp3) is 0. The highest BCUT2D eigenvalue weighted by atomic mass is 32.2. The predicted octanol–water partition coefficient (Wildman–Crippen LogP) is 1.92. The van der Waals surface area contributed by atoms with E-state index in [9.17, 15) is 8.42 Å². The van der Waals surface area contributed by atoms with Gasteiger partial charge in [0.25, 0.3) is 0 Å². The number of sulfonamides is 1. The van der Waals surface area contributed by atoms with E-state index in [4.69, 9.17) is 10.9 Å². The zero-order valence-corrected chi connectivity index (χ0v) is 14.2. The summed E-state index contributed by atoms with van der Waals surface area (Å²) in [5.74, 6) is -0.127. The lowest BCUT2D eigenvalue weighted by molar-refractivity contribution is 0.598. The second kappa shape index (κ2) is 5.90. The van der Waals surface area contributed by atoms with Gasteiger partial charge in [-0.2, -0.15) is 5.10 Å². The van der Waals surface area contributed by atoms with Crippen LogP contribution in [0.2, 0.25) is 0 Å². The maximum atomic E-state index is 11.7. The normalized spacial score (nSPS) is 11.7. The minimum absolute atomic E-state index is 0.127. The fourth-order valence-electron chi connectivity index (χ4n) is 2.82. The summed E-state index contributed by atoms with van der Waals surface area (Å²) in [6.07, 6.45) is 6.77. The minimum atomic E-state index is -3.96. The first-order valence-corrected chi connectivity index (χ1v) is 9.15. The first-order valence-electron chi connectivity index (χ1n) is 7.60. The van der Waals surface area contributed by atoms with E-state index in [0.717, 1.165) is 27.6 Å². The van der Waals surface area contributed by atoms with Crippen molar-refractivity contribution in [3.8, 4) is 22.3 Å². The zero-order chi connectivity index (χ0) is 18.3. The van der Waals surface area contributed by atoms with Crippen molar-refractivity contribution in [3.05, 3.63) is 55.1 Å². The molecule has 0 saturated heterocycles. The minimum Gasteiger partial charge on any atom is -0.383 e. The number of fused-ring (bicyclic) bond motifs is 1. The Morgan fingerprint density at radius 1 is 0.962 bits per heavy atom. The molecule has 3 aromatic heterocycles. The molecule has 0 fully saturated rings. The van der Waals surface area contributed by atoms with Gasteiger partial charge in [-0.3, -0.25) is 10.1 Å². The van der Waals surface area contributed by atoms with Crippen LogP contribution in [0.4, 0.5) is 5.82 Å². The third-order valence-corrected chi connectivity index (χ3v) is 5.01. The van der Waals surface area contributed by atoms with E-state index in [-0.39, 0.29) is 10.7 Å². The molecule has 0 atom stereocenters. The summed E-state index contributed by atoms with van der Waals surface area (Å²) in [6, 6.07) is 8.95. The summed E-state index contributed by atoms with van der Waals surface area (Å²) < 4.78 is 23.4. The summed E-state index contributed by atoms with van der Waals surface area (Å²) in [7, 11) is -3.96. The number of nitrogens with one attached hydrogen (secondary N) is 1. The number of rotatable bonds is 3. The van der Waals surface area contributed by atoms with E-state index in [1.165, 1.54) is 12.3 Å². The van der Waals surface area contributed by atoms with Gasteiger partial charge in [-0.25, -0.2) is 18.5 Å². The molecular formula is C17H14N6O2S. The summed E-state index contributed by atoms with van der Waals surface area (Å²) in [4.78, 5) is 8.14. The smallest absolute Gasteiger partial charge is 0.241 e. The molecule has 1 aromatic carbocycles. The predicted molar refractivity (Wildman–Crippen MR) is 98.3 cm³/mol. The zero-order valence-electron chi connectivity index (χ0n) is 13.4. The average Bonchev–Trinajstić information content (AvgIpc) is 3.14. The van der Waals surface area contributed by atoms with Crippen LogP contribution in [-0.4, -0.2) is 28.6 Å². The van der Waals surface area contributed by atoms with Crippen molar-refractivity contribution in [2.45, 2.75) is 4.90 Å². The van der Waals surface area contributed by atoms with E-state index in [0.29, 0.717) is 5.56 Å². The van der Waals surface area contributed by atoms with Gasteiger partial charge in [0.2, 0.25) is 10.0 Å². The first-order chi connectivity index (χ1) is 12.4. The van der Waals surface area contributed by atoms with Gasteiger partial charge in [0.1, 0.15) is 10.7 Å². The van der Waals surface area contributed by atoms with Gasteiger partial charge in [-0.1, -0.05) is 6.07 Å². The molecule has 4 rings (SSSR count). The van der Waals surface area contributed by atoms with Crippen molar-refractivity contribution in [3.63, 3.8) is 0 Å². The number of nitrogen functional groups attached to an aromatic ring is 1. The van der Waals surface area contributed by atoms with Gasteiger partial charge in [-0.05, 0) is 35.4 Å². The molecule has 0 amide bonds. The molecule has 0 aliphatic carbocycles. The van der Waals surface area contributed by atoms with Crippen LogP contribution in [-0.2, 0) is 10.0 Å². The topological polar surface area (TPSA) is 141 Å². The van der Waals surface area contributed by atoms with Crippen LogP contribution in [0, 0.1) is 0 Å². The highest BCUT2D eigenvalue weighted by Crippen LogP contribution is 2.31. The maximum Gasteiger partial charge on any atom is 0.241 e. The Balaban J connectivity index is 1.93. The molecule has 130 valence electrons. The fourth-order valence-corrected chi connectivity index (χ4v) is 3.45. The third-order valence-electron chi connectivity index (χ3n) is 4.07. The molecule has 8 nitrogen and oxygen atoms in total. The Bertz CT molecular complexity index is 1220. The van der Waals surface area contributed by atoms with Crippen molar-refractivity contribution in [1.29, 1.82) is 0 Å². The number of hydrogen-bond acceptors (Lipinski definition) is 6. The Labute approximate surface area is 149 Å². The van der Waals surface area contributed by atoms with Crippen molar-refractivity contribution >= 4 is 26.7 Å². The lowest BCUT2D eigenvalue weighted by Gasteiger charge is -2.09. The number of primary sulfonamides is 1. The van der Waals surface area contributed by atoms with E-state index < -0.39 is 10.0 Å². The summed E-state index contributed by atoms with van der Waals surface area (Å²) in [6.45, 7) is 0. The Morgan fingerprint density at radius 3 is 2.54 bits per heavy atom. The number of pyridine rings is 2. The summed E-state index contributed by atoms with van der Waals surface area (Å²) in [5, 5.41) is 12.9. The Hall–Kier alpha value is -3.30. The Morgan fingerprint density at radius 2 is 1.81 bits per heavy atom. The van der Waals surface area contributed by atoms with Gasteiger partial charge >= 0.3 is 0 Å². The number of benzene rings is 1. The molecule has 4 aromatic rings. The number of nitrogens with zero attached hydrogens (tertiary/aromatic N) is 3. The molecule has 0 aliphatic rings. The second-order valence-electron chi connectivity index (χ2n) is 5.73. The highest BCUT2D eigenvalue weighted by molar-refractivity contribution is 7.89. The second-order valence-corrected chi connectivity index (χ2v) is 7.26. The molecule has 5 N–H and O–H groups in total. The van der Waals surface area contributed by atoms with Gasteiger partial charge < -0.3 is 5.73 Å². The number of aromatic amines is 1. The lowest BCUT2D eigenvalue weighted by Crippen LogP contribution is -2.15. The van der Waals surface area contributed by atoms with Crippen LogP contribution in [0.1, 0.15) is 0 Å². The van der Waals surface area contributed by atoms with Gasteiger partial charge in [0.05, 0.1) is 11.7 Å². The molecule has 3 heterocycles. The van der Waals surface area contributed by atoms with E-state index in [1.807, 2.05) is 24.3 Å². The lowest BCUT2D eigenvalue weighted by atomic mass is 9.99. The van der Waals surface area contributed by atoms with Crippen LogP contribution >= 0.6 is 0 Å². The molecular weight excluding hydrogens is 352 g/mol. The Kier molecular flexibility index (Phi) is 3.67. The monoisotopic (exact) mass is 366 g/mol. The largest absolute Gasteiger partial charge is 0.383 e. The van der Waals surface area contributed by atoms with Crippen LogP contribution < -0.4 is 10.9 Å². The number of anilines is 1. The number of H-pyrrole nitrogens is 1. The quantitative estimate of drug-likeness (QED) is 0.506. The van der Waals surface area contributed by atoms with Crippen LogP contribution in [0.25, 0.3) is 33.2 Å². The van der Waals surface area contributed by atoms with Crippen molar-refractivity contribution in [2.24, 2.45) is 5.14 Å². The standard InChI is InChI=1S/C17H14N6O2S/c18-17-16(26(19,24)25)6-11(7-21-17)10-1-2-15-14(5-10)13(3-4-20-15)12-8-22-23-9-12/h1-9H,(H2,18,21)(H,22,23)(H2,19,24,25). The van der Waals surface area contributed by atoms with E-state index >= 15 is 0 Å². The molecule has 26 heavy (non-hydrogen) atoms. The molecule has 0 aliphatic heterocycles. The van der Waals surface area contributed by atoms with Crippen molar-refractivity contribution < 1.29 is 8.42 Å². The molecule has 0 radical (unpaired) electrons. The highest BCUT2D eigenvalue weighted by Gasteiger charge is 2.15. The van der Waals surface area contributed by atoms with Crippen LogP contribution in [0.15, 0.2) is 60.0 Å². The first kappa shape index (κ1) is 16.2. The number of aromatic nitrogens is 4. The number of hydrogen-bond donors (Lipinski definition) is 3. The third kappa shape index (κ3) is 2.79. The van der Waals surface area contributed by atoms with Crippen LogP contribution in [0.3, 0.4) is 0 Å². The van der Waals surface area contributed by atoms with Gasteiger partial charge in [0, 0.05) is 35.1 Å². The van der Waals surface area contributed by atoms with Crippen molar-refractivity contribution in [2.75, 3.05) is 5.73 Å². The SMILES string of the molecule is Nc1ncc(-c2ccc3nccc(-c4cn[nH]c4)c3c2)cc1S(N)(=O)=O. The molecule has 9 heteroatoms.